The fraction of sp³-hybridized carbons (Fsp3) is 0.706. The average Bonchev–Trinajstić information content (AvgIpc) is 2.76. The fourth-order valence-corrected chi connectivity index (χ4v) is 3.57. The molecule has 1 aliphatic rings. The minimum absolute atomic E-state index is 0.0284. The smallest absolute Gasteiger partial charge is 0.179 e. The number of carbonyl (C=O) groups is 1. The number of hydrogen-bond donors (Lipinski definition) is 0. The number of likely N-dealkylation sites (tertiary alicyclic amines) is 1. The number of nitrogens with zero attached hydrogens (tertiary/aromatic N) is 2. The summed E-state index contributed by atoms with van der Waals surface area (Å²) < 4.78 is 2.26. The first-order valence-corrected chi connectivity index (χ1v) is 8.58. The number of carbonyl (C=O) groups excluding carboxylic acids is 1. The van der Waals surface area contributed by atoms with Crippen LogP contribution in [0, 0.1) is 13.8 Å². The van der Waals surface area contributed by atoms with Crippen molar-refractivity contribution in [1.29, 1.82) is 0 Å². The number of rotatable bonds is 6. The van der Waals surface area contributed by atoms with Gasteiger partial charge in [-0.3, -0.25) is 4.79 Å². The van der Waals surface area contributed by atoms with Gasteiger partial charge in [-0.2, -0.15) is 0 Å². The Morgan fingerprint density at radius 1 is 1.33 bits per heavy atom. The average molecular weight is 311 g/mol. The molecule has 0 bridgehead atoms. The van der Waals surface area contributed by atoms with Crippen LogP contribution in [0.2, 0.25) is 0 Å². The topological polar surface area (TPSA) is 25.2 Å². The third-order valence-corrected chi connectivity index (χ3v) is 5.01. The highest BCUT2D eigenvalue weighted by Crippen LogP contribution is 2.19. The van der Waals surface area contributed by atoms with Crippen molar-refractivity contribution >= 4 is 17.4 Å². The summed E-state index contributed by atoms with van der Waals surface area (Å²) in [5.41, 5.74) is 3.01. The van der Waals surface area contributed by atoms with Crippen LogP contribution in [0.5, 0.6) is 0 Å². The highest BCUT2D eigenvalue weighted by molar-refractivity contribution is 6.30. The molecule has 0 aliphatic carbocycles. The van der Waals surface area contributed by atoms with Crippen molar-refractivity contribution in [2.75, 3.05) is 19.0 Å². The van der Waals surface area contributed by atoms with E-state index in [1.807, 2.05) is 13.0 Å². The van der Waals surface area contributed by atoms with Crippen molar-refractivity contribution in [2.24, 2.45) is 0 Å². The molecule has 1 aliphatic heterocycles. The lowest BCUT2D eigenvalue weighted by Gasteiger charge is -2.33. The van der Waals surface area contributed by atoms with E-state index in [1.165, 1.54) is 25.8 Å². The molecule has 1 atom stereocenters. The maximum Gasteiger partial charge on any atom is 0.179 e. The van der Waals surface area contributed by atoms with E-state index in [1.54, 1.807) is 0 Å². The number of aryl methyl sites for hydroxylation is 1. The molecule has 0 radical (unpaired) electrons. The van der Waals surface area contributed by atoms with Crippen LogP contribution in [0.1, 0.15) is 54.4 Å². The first-order valence-electron chi connectivity index (χ1n) is 8.04. The predicted molar refractivity (Wildman–Crippen MR) is 88.5 cm³/mol. The molecule has 0 N–H and O–H groups in total. The summed E-state index contributed by atoms with van der Waals surface area (Å²) in [5.74, 6) is 0.0935. The SMILES string of the molecule is Cc1cc(C(=O)CCl)c(C)n1CCCN1CCCCC1C. The highest BCUT2D eigenvalue weighted by atomic mass is 35.5. The van der Waals surface area contributed by atoms with Gasteiger partial charge in [0.2, 0.25) is 0 Å². The van der Waals surface area contributed by atoms with Gasteiger partial charge in [0.1, 0.15) is 0 Å². The van der Waals surface area contributed by atoms with Gasteiger partial charge in [-0.15, -0.1) is 11.6 Å². The van der Waals surface area contributed by atoms with Crippen molar-refractivity contribution in [1.82, 2.24) is 9.47 Å². The van der Waals surface area contributed by atoms with Crippen molar-refractivity contribution in [3.05, 3.63) is 23.0 Å². The van der Waals surface area contributed by atoms with E-state index in [0.717, 1.165) is 42.5 Å². The zero-order valence-corrected chi connectivity index (χ0v) is 14.2. The number of Topliss-reactive ketones (excluding diaryl/α,β-unsaturated/α-hetero) is 1. The Bertz CT molecular complexity index is 495. The summed E-state index contributed by atoms with van der Waals surface area (Å²) in [6, 6.07) is 2.70. The number of aromatic nitrogens is 1. The van der Waals surface area contributed by atoms with Crippen LogP contribution in [0.15, 0.2) is 6.07 Å². The minimum Gasteiger partial charge on any atom is -0.348 e. The Labute approximate surface area is 133 Å². The maximum atomic E-state index is 11.8. The molecule has 1 unspecified atom stereocenters. The Balaban J connectivity index is 1.94. The zero-order chi connectivity index (χ0) is 15.4. The largest absolute Gasteiger partial charge is 0.348 e. The van der Waals surface area contributed by atoms with Gasteiger partial charge in [0.15, 0.2) is 5.78 Å². The van der Waals surface area contributed by atoms with Crippen molar-refractivity contribution in [3.8, 4) is 0 Å². The van der Waals surface area contributed by atoms with Gasteiger partial charge in [-0.1, -0.05) is 6.42 Å². The number of hydrogen-bond acceptors (Lipinski definition) is 2. The summed E-state index contributed by atoms with van der Waals surface area (Å²) in [5, 5.41) is 0. The fourth-order valence-electron chi connectivity index (χ4n) is 3.42. The second-order valence-corrected chi connectivity index (χ2v) is 6.49. The van der Waals surface area contributed by atoms with E-state index in [4.69, 9.17) is 11.6 Å². The van der Waals surface area contributed by atoms with Crippen LogP contribution in [-0.4, -0.2) is 40.3 Å². The van der Waals surface area contributed by atoms with E-state index in [9.17, 15) is 4.79 Å². The first-order chi connectivity index (χ1) is 10.0. The lowest BCUT2D eigenvalue weighted by atomic mass is 10.0. The van der Waals surface area contributed by atoms with E-state index in [2.05, 4.69) is 23.3 Å². The van der Waals surface area contributed by atoms with Gasteiger partial charge in [-0.05, 0) is 52.6 Å². The standard InChI is InChI=1S/C17H27ClN2O/c1-13-7-4-5-8-19(13)9-6-10-20-14(2)11-16(15(20)3)17(21)12-18/h11,13H,4-10,12H2,1-3H3. The van der Waals surface area contributed by atoms with Crippen LogP contribution in [-0.2, 0) is 6.54 Å². The Morgan fingerprint density at radius 3 is 2.76 bits per heavy atom. The molecule has 118 valence electrons. The van der Waals surface area contributed by atoms with Crippen LogP contribution in [0.4, 0.5) is 0 Å². The third kappa shape index (κ3) is 3.89. The summed E-state index contributed by atoms with van der Waals surface area (Å²) in [4.78, 5) is 14.4. The molecule has 3 nitrogen and oxygen atoms in total. The van der Waals surface area contributed by atoms with Gasteiger partial charge in [0, 0.05) is 36.1 Å². The normalized spacial score (nSPS) is 19.9. The predicted octanol–water partition coefficient (Wildman–Crippen LogP) is 3.79. The number of piperidine rings is 1. The van der Waals surface area contributed by atoms with E-state index in [0.29, 0.717) is 0 Å². The Morgan fingerprint density at radius 2 is 2.10 bits per heavy atom. The molecule has 0 amide bonds. The lowest BCUT2D eigenvalue weighted by molar-refractivity contribution is 0.102. The molecule has 1 fully saturated rings. The van der Waals surface area contributed by atoms with Gasteiger partial charge >= 0.3 is 0 Å². The molecule has 0 spiro atoms. The third-order valence-electron chi connectivity index (χ3n) is 4.76. The molecule has 1 saturated heterocycles. The summed E-state index contributed by atoms with van der Waals surface area (Å²) in [7, 11) is 0. The van der Waals surface area contributed by atoms with Crippen LogP contribution >= 0.6 is 11.6 Å². The second kappa shape index (κ2) is 7.46. The molecular formula is C17H27ClN2O. The van der Waals surface area contributed by atoms with Crippen LogP contribution in [0.3, 0.4) is 0 Å². The first kappa shape index (κ1) is 16.6. The van der Waals surface area contributed by atoms with Gasteiger partial charge < -0.3 is 9.47 Å². The molecule has 4 heteroatoms. The monoisotopic (exact) mass is 310 g/mol. The molecular weight excluding hydrogens is 284 g/mol. The molecule has 2 rings (SSSR count). The molecule has 1 aromatic rings. The molecule has 0 saturated carbocycles. The maximum absolute atomic E-state index is 11.8. The number of halogens is 1. The summed E-state index contributed by atoms with van der Waals surface area (Å²) in [6.07, 6.45) is 5.17. The van der Waals surface area contributed by atoms with Crippen molar-refractivity contribution < 1.29 is 4.79 Å². The van der Waals surface area contributed by atoms with Crippen molar-refractivity contribution in [2.45, 2.75) is 59.0 Å². The second-order valence-electron chi connectivity index (χ2n) is 6.23. The molecule has 2 heterocycles. The van der Waals surface area contributed by atoms with Crippen LogP contribution < -0.4 is 0 Å². The highest BCUT2D eigenvalue weighted by Gasteiger charge is 2.18. The Kier molecular flexibility index (Phi) is 5.88. The quantitative estimate of drug-likeness (QED) is 0.590. The van der Waals surface area contributed by atoms with E-state index in [-0.39, 0.29) is 11.7 Å². The summed E-state index contributed by atoms with van der Waals surface area (Å²) in [6.45, 7) is 9.80. The Hall–Kier alpha value is -0.800. The number of ketones is 1. The van der Waals surface area contributed by atoms with Gasteiger partial charge in [-0.25, -0.2) is 0 Å². The van der Waals surface area contributed by atoms with E-state index >= 15 is 0 Å². The van der Waals surface area contributed by atoms with Gasteiger partial charge in [0.25, 0.3) is 0 Å². The summed E-state index contributed by atoms with van der Waals surface area (Å²) >= 11 is 5.68. The zero-order valence-electron chi connectivity index (χ0n) is 13.5. The van der Waals surface area contributed by atoms with Crippen molar-refractivity contribution in [3.63, 3.8) is 0 Å². The van der Waals surface area contributed by atoms with Gasteiger partial charge in [0.05, 0.1) is 5.88 Å². The van der Waals surface area contributed by atoms with Crippen LogP contribution in [0.25, 0.3) is 0 Å². The number of alkyl halides is 1. The molecule has 21 heavy (non-hydrogen) atoms. The molecule has 0 aromatic carbocycles. The lowest BCUT2D eigenvalue weighted by Crippen LogP contribution is -2.38. The molecule has 1 aromatic heterocycles. The minimum atomic E-state index is 0.0284. The van der Waals surface area contributed by atoms with E-state index < -0.39 is 0 Å².